The van der Waals surface area contributed by atoms with E-state index in [2.05, 4.69) is 38.1 Å². The highest BCUT2D eigenvalue weighted by Gasteiger charge is 2.36. The Kier molecular flexibility index (Phi) is 3.09. The van der Waals surface area contributed by atoms with Crippen molar-refractivity contribution in [2.75, 3.05) is 11.1 Å². The summed E-state index contributed by atoms with van der Waals surface area (Å²) >= 11 is 3.38. The summed E-state index contributed by atoms with van der Waals surface area (Å²) in [7, 11) is 0. The van der Waals surface area contributed by atoms with Crippen LogP contribution in [0.2, 0.25) is 0 Å². The first kappa shape index (κ1) is 10.7. The Morgan fingerprint density at radius 1 is 1.60 bits per heavy atom. The molecule has 5 heteroatoms. The van der Waals surface area contributed by atoms with E-state index < -0.39 is 0 Å². The molecule has 0 bridgehead atoms. The third-order valence-corrected chi connectivity index (χ3v) is 3.50. The smallest absolute Gasteiger partial charge is 0.146 e. The number of hydrogen-bond acceptors (Lipinski definition) is 4. The van der Waals surface area contributed by atoms with E-state index in [1.54, 1.807) is 0 Å². The summed E-state index contributed by atoms with van der Waals surface area (Å²) in [6.07, 6.45) is 5.26. The van der Waals surface area contributed by atoms with Gasteiger partial charge in [0.05, 0.1) is 0 Å². The molecule has 2 atom stereocenters. The molecule has 15 heavy (non-hydrogen) atoms. The van der Waals surface area contributed by atoms with E-state index in [0.717, 1.165) is 16.2 Å². The lowest BCUT2D eigenvalue weighted by Crippen LogP contribution is -2.08. The van der Waals surface area contributed by atoms with Crippen molar-refractivity contribution >= 4 is 27.6 Å². The van der Waals surface area contributed by atoms with Crippen molar-refractivity contribution in [1.82, 2.24) is 9.97 Å². The summed E-state index contributed by atoms with van der Waals surface area (Å²) in [6, 6.07) is 0.565. The number of anilines is 2. The molecule has 1 fully saturated rings. The largest absolute Gasteiger partial charge is 0.383 e. The van der Waals surface area contributed by atoms with Crippen LogP contribution in [0.5, 0.6) is 0 Å². The number of nitrogens with zero attached hydrogens (tertiary/aromatic N) is 2. The van der Waals surface area contributed by atoms with E-state index in [9.17, 15) is 0 Å². The molecule has 0 radical (unpaired) electrons. The zero-order valence-electron chi connectivity index (χ0n) is 8.70. The summed E-state index contributed by atoms with van der Waals surface area (Å²) in [5.74, 6) is 2.10. The van der Waals surface area contributed by atoms with Crippen LogP contribution in [0.4, 0.5) is 11.6 Å². The predicted molar refractivity (Wildman–Crippen MR) is 64.6 cm³/mol. The quantitative estimate of drug-likeness (QED) is 0.882. The van der Waals surface area contributed by atoms with Crippen LogP contribution in [0.3, 0.4) is 0 Å². The maximum Gasteiger partial charge on any atom is 0.146 e. The first-order chi connectivity index (χ1) is 7.22. The number of aromatic nitrogens is 2. The van der Waals surface area contributed by atoms with Crippen molar-refractivity contribution in [2.45, 2.75) is 32.2 Å². The van der Waals surface area contributed by atoms with Crippen LogP contribution >= 0.6 is 15.9 Å². The molecule has 0 aliphatic heterocycles. The van der Waals surface area contributed by atoms with Gasteiger partial charge in [0, 0.05) is 6.04 Å². The summed E-state index contributed by atoms with van der Waals surface area (Å²) in [5, 5.41) is 3.38. The lowest BCUT2D eigenvalue weighted by Gasteiger charge is -2.07. The molecule has 0 aromatic carbocycles. The first-order valence-corrected chi connectivity index (χ1v) is 6.04. The van der Waals surface area contributed by atoms with Gasteiger partial charge in [0.15, 0.2) is 0 Å². The maximum atomic E-state index is 5.67. The average Bonchev–Trinajstić information content (AvgIpc) is 2.93. The fraction of sp³-hybridized carbons (Fsp3) is 0.600. The molecule has 2 unspecified atom stereocenters. The van der Waals surface area contributed by atoms with Crippen LogP contribution in [0.15, 0.2) is 10.8 Å². The molecule has 1 aliphatic carbocycles. The van der Waals surface area contributed by atoms with Crippen LogP contribution in [-0.4, -0.2) is 16.0 Å². The van der Waals surface area contributed by atoms with Crippen LogP contribution in [0.1, 0.15) is 26.2 Å². The molecule has 2 rings (SSSR count). The topological polar surface area (TPSA) is 63.8 Å². The number of halogens is 1. The van der Waals surface area contributed by atoms with Gasteiger partial charge in [-0.3, -0.25) is 0 Å². The normalized spacial score (nSPS) is 23.9. The number of nitrogens with two attached hydrogens (primary N) is 1. The number of nitrogen functional groups attached to an aromatic ring is 1. The van der Waals surface area contributed by atoms with Crippen LogP contribution in [0.25, 0.3) is 0 Å². The fourth-order valence-corrected chi connectivity index (χ4v) is 2.09. The average molecular weight is 271 g/mol. The Balaban J connectivity index is 1.98. The van der Waals surface area contributed by atoms with E-state index in [1.165, 1.54) is 25.6 Å². The lowest BCUT2D eigenvalue weighted by atomic mass is 10.2. The zero-order valence-corrected chi connectivity index (χ0v) is 10.3. The zero-order chi connectivity index (χ0) is 10.8. The molecule has 82 valence electrons. The minimum Gasteiger partial charge on any atom is -0.383 e. The summed E-state index contributed by atoms with van der Waals surface area (Å²) in [5.41, 5.74) is 5.67. The number of nitrogens with one attached hydrogen (secondary N) is 1. The molecular formula is C10H15BrN4. The van der Waals surface area contributed by atoms with E-state index in [-0.39, 0.29) is 0 Å². The van der Waals surface area contributed by atoms with Gasteiger partial charge in [0.25, 0.3) is 0 Å². The van der Waals surface area contributed by atoms with E-state index in [0.29, 0.717) is 11.9 Å². The SMILES string of the molecule is CCCC1CC1Nc1ncnc(N)c1Br. The highest BCUT2D eigenvalue weighted by Crippen LogP contribution is 2.38. The van der Waals surface area contributed by atoms with Gasteiger partial charge in [-0.1, -0.05) is 13.3 Å². The molecule has 4 nitrogen and oxygen atoms in total. The van der Waals surface area contributed by atoms with Gasteiger partial charge in [0.1, 0.15) is 22.4 Å². The Labute approximate surface area is 97.8 Å². The monoisotopic (exact) mass is 270 g/mol. The Bertz CT molecular complexity index is 355. The Morgan fingerprint density at radius 2 is 2.40 bits per heavy atom. The van der Waals surface area contributed by atoms with Gasteiger partial charge in [0.2, 0.25) is 0 Å². The second-order valence-electron chi connectivity index (χ2n) is 3.96. The number of hydrogen-bond donors (Lipinski definition) is 2. The van der Waals surface area contributed by atoms with Crippen molar-refractivity contribution in [3.05, 3.63) is 10.8 Å². The van der Waals surface area contributed by atoms with E-state index >= 15 is 0 Å². The van der Waals surface area contributed by atoms with Crippen LogP contribution < -0.4 is 11.1 Å². The van der Waals surface area contributed by atoms with Crippen molar-refractivity contribution in [1.29, 1.82) is 0 Å². The maximum absolute atomic E-state index is 5.67. The van der Waals surface area contributed by atoms with Crippen molar-refractivity contribution in [3.63, 3.8) is 0 Å². The minimum atomic E-state index is 0.486. The number of rotatable bonds is 4. The minimum absolute atomic E-state index is 0.486. The van der Waals surface area contributed by atoms with Gasteiger partial charge >= 0.3 is 0 Å². The molecule has 0 saturated heterocycles. The predicted octanol–water partition coefficient (Wildman–Crippen LogP) is 2.42. The second kappa shape index (κ2) is 4.35. The van der Waals surface area contributed by atoms with E-state index in [1.807, 2.05) is 0 Å². The standard InChI is InChI=1S/C10H15BrN4/c1-2-3-6-4-7(6)15-10-8(11)9(12)13-5-14-10/h5-7H,2-4H2,1H3,(H3,12,13,14,15). The molecular weight excluding hydrogens is 256 g/mol. The Hall–Kier alpha value is -0.840. The summed E-state index contributed by atoms with van der Waals surface area (Å²) < 4.78 is 0.771. The van der Waals surface area contributed by atoms with Gasteiger partial charge in [-0.15, -0.1) is 0 Å². The first-order valence-electron chi connectivity index (χ1n) is 5.25. The molecule has 0 amide bonds. The fourth-order valence-electron chi connectivity index (χ4n) is 1.77. The molecule has 1 saturated carbocycles. The highest BCUT2D eigenvalue weighted by molar-refractivity contribution is 9.10. The van der Waals surface area contributed by atoms with Crippen molar-refractivity contribution in [2.24, 2.45) is 5.92 Å². The third kappa shape index (κ3) is 2.40. The molecule has 1 aromatic rings. The van der Waals surface area contributed by atoms with Crippen LogP contribution in [0, 0.1) is 5.92 Å². The van der Waals surface area contributed by atoms with Gasteiger partial charge in [-0.2, -0.15) is 0 Å². The van der Waals surface area contributed by atoms with E-state index in [4.69, 9.17) is 5.73 Å². The lowest BCUT2D eigenvalue weighted by molar-refractivity contribution is 0.692. The summed E-state index contributed by atoms with van der Waals surface area (Å²) in [4.78, 5) is 8.07. The molecule has 1 aliphatic rings. The van der Waals surface area contributed by atoms with Gasteiger partial charge in [-0.25, -0.2) is 9.97 Å². The molecule has 0 spiro atoms. The molecule has 1 heterocycles. The van der Waals surface area contributed by atoms with Crippen molar-refractivity contribution < 1.29 is 0 Å². The third-order valence-electron chi connectivity index (χ3n) is 2.72. The van der Waals surface area contributed by atoms with Gasteiger partial charge < -0.3 is 11.1 Å². The summed E-state index contributed by atoms with van der Waals surface area (Å²) in [6.45, 7) is 2.22. The van der Waals surface area contributed by atoms with Gasteiger partial charge in [-0.05, 0) is 34.7 Å². The Morgan fingerprint density at radius 3 is 3.13 bits per heavy atom. The van der Waals surface area contributed by atoms with Crippen LogP contribution in [-0.2, 0) is 0 Å². The van der Waals surface area contributed by atoms with Crippen molar-refractivity contribution in [3.8, 4) is 0 Å². The highest BCUT2D eigenvalue weighted by atomic mass is 79.9. The second-order valence-corrected chi connectivity index (χ2v) is 4.75. The molecule has 3 N–H and O–H groups in total. The molecule has 1 aromatic heterocycles.